The molecule has 1 aromatic heterocycles. The summed E-state index contributed by atoms with van der Waals surface area (Å²) < 4.78 is 1.16. The number of H-pyrrole nitrogens is 1. The molecular formula is C12H14BrN3. The zero-order chi connectivity index (χ0) is 11.4. The highest BCUT2D eigenvalue weighted by Crippen LogP contribution is 2.17. The molecule has 0 amide bonds. The molecule has 1 heterocycles. The SMILES string of the molecule is Cc1ccc(CNCc2cn[nH]c2)cc1Br. The predicted molar refractivity (Wildman–Crippen MR) is 68.0 cm³/mol. The van der Waals surface area contributed by atoms with E-state index in [1.165, 1.54) is 16.7 Å². The molecule has 0 aliphatic carbocycles. The van der Waals surface area contributed by atoms with Crippen LogP contribution in [0.1, 0.15) is 16.7 Å². The fourth-order valence-electron chi connectivity index (χ4n) is 1.47. The molecule has 4 heteroatoms. The molecule has 16 heavy (non-hydrogen) atoms. The summed E-state index contributed by atoms with van der Waals surface area (Å²) in [5.41, 5.74) is 3.71. The van der Waals surface area contributed by atoms with Crippen LogP contribution in [0.5, 0.6) is 0 Å². The van der Waals surface area contributed by atoms with Crippen molar-refractivity contribution in [3.8, 4) is 0 Å². The lowest BCUT2D eigenvalue weighted by Crippen LogP contribution is -2.12. The molecule has 0 atom stereocenters. The number of nitrogens with zero attached hydrogens (tertiary/aromatic N) is 1. The fraction of sp³-hybridized carbons (Fsp3) is 0.250. The van der Waals surface area contributed by atoms with Gasteiger partial charge < -0.3 is 5.32 Å². The van der Waals surface area contributed by atoms with Gasteiger partial charge in [0.2, 0.25) is 0 Å². The Morgan fingerprint density at radius 3 is 2.81 bits per heavy atom. The Labute approximate surface area is 103 Å². The smallest absolute Gasteiger partial charge is 0.0532 e. The molecule has 0 unspecified atom stereocenters. The molecule has 0 saturated carbocycles. The van der Waals surface area contributed by atoms with E-state index in [1.54, 1.807) is 0 Å². The van der Waals surface area contributed by atoms with Gasteiger partial charge in [0, 0.05) is 29.3 Å². The normalized spacial score (nSPS) is 10.6. The number of aromatic nitrogens is 2. The van der Waals surface area contributed by atoms with E-state index >= 15 is 0 Å². The Morgan fingerprint density at radius 2 is 2.12 bits per heavy atom. The van der Waals surface area contributed by atoms with Gasteiger partial charge in [-0.3, -0.25) is 5.10 Å². The highest BCUT2D eigenvalue weighted by Gasteiger charge is 1.98. The summed E-state index contributed by atoms with van der Waals surface area (Å²) in [6.45, 7) is 3.79. The number of hydrogen-bond acceptors (Lipinski definition) is 2. The molecule has 0 fully saturated rings. The average molecular weight is 280 g/mol. The van der Waals surface area contributed by atoms with Crippen molar-refractivity contribution in [1.82, 2.24) is 15.5 Å². The molecule has 0 spiro atoms. The van der Waals surface area contributed by atoms with Crippen LogP contribution in [0.4, 0.5) is 0 Å². The van der Waals surface area contributed by atoms with Gasteiger partial charge in [0.05, 0.1) is 6.20 Å². The third-order valence-electron chi connectivity index (χ3n) is 2.45. The minimum absolute atomic E-state index is 0.835. The second-order valence-corrected chi connectivity index (χ2v) is 4.65. The van der Waals surface area contributed by atoms with Gasteiger partial charge in [0.25, 0.3) is 0 Å². The second kappa shape index (κ2) is 5.27. The fourth-order valence-corrected chi connectivity index (χ4v) is 1.90. The van der Waals surface area contributed by atoms with E-state index in [0.29, 0.717) is 0 Å². The lowest BCUT2D eigenvalue weighted by Gasteiger charge is -2.05. The summed E-state index contributed by atoms with van der Waals surface area (Å²) in [7, 11) is 0. The maximum atomic E-state index is 3.90. The number of aryl methyl sites for hydroxylation is 1. The molecular weight excluding hydrogens is 266 g/mol. The van der Waals surface area contributed by atoms with Crippen molar-refractivity contribution in [3.05, 3.63) is 51.8 Å². The molecule has 0 saturated heterocycles. The van der Waals surface area contributed by atoms with Gasteiger partial charge in [0.15, 0.2) is 0 Å². The number of halogens is 1. The van der Waals surface area contributed by atoms with E-state index in [0.717, 1.165) is 17.6 Å². The summed E-state index contributed by atoms with van der Waals surface area (Å²) >= 11 is 3.53. The minimum atomic E-state index is 0.835. The molecule has 0 bridgehead atoms. The van der Waals surface area contributed by atoms with Gasteiger partial charge in [0.1, 0.15) is 0 Å². The van der Waals surface area contributed by atoms with Crippen LogP contribution >= 0.6 is 15.9 Å². The van der Waals surface area contributed by atoms with Crippen LogP contribution in [0, 0.1) is 6.92 Å². The maximum Gasteiger partial charge on any atom is 0.0532 e. The summed E-state index contributed by atoms with van der Waals surface area (Å²) in [6, 6.07) is 6.42. The maximum absolute atomic E-state index is 3.90. The summed E-state index contributed by atoms with van der Waals surface area (Å²) in [5.74, 6) is 0. The second-order valence-electron chi connectivity index (χ2n) is 3.79. The standard InChI is InChI=1S/C12H14BrN3/c1-9-2-3-10(4-12(9)13)5-14-6-11-7-15-16-8-11/h2-4,7-8,14H,5-6H2,1H3,(H,15,16). The van der Waals surface area contributed by atoms with E-state index < -0.39 is 0 Å². The van der Waals surface area contributed by atoms with E-state index in [2.05, 4.69) is 56.6 Å². The van der Waals surface area contributed by atoms with Crippen LogP contribution in [0.15, 0.2) is 35.1 Å². The Kier molecular flexibility index (Phi) is 3.74. The zero-order valence-corrected chi connectivity index (χ0v) is 10.7. The van der Waals surface area contributed by atoms with Crippen LogP contribution in [-0.4, -0.2) is 10.2 Å². The Morgan fingerprint density at radius 1 is 1.31 bits per heavy atom. The quantitative estimate of drug-likeness (QED) is 0.904. The lowest BCUT2D eigenvalue weighted by atomic mass is 10.1. The lowest BCUT2D eigenvalue weighted by molar-refractivity contribution is 0.693. The third kappa shape index (κ3) is 2.93. The van der Waals surface area contributed by atoms with Crippen LogP contribution in [0.25, 0.3) is 0 Å². The van der Waals surface area contributed by atoms with E-state index in [4.69, 9.17) is 0 Å². The first-order chi connectivity index (χ1) is 7.75. The topological polar surface area (TPSA) is 40.7 Å². The summed E-state index contributed by atoms with van der Waals surface area (Å²) in [5, 5.41) is 10.1. The Hall–Kier alpha value is -1.13. The molecule has 84 valence electrons. The molecule has 0 aliphatic heterocycles. The van der Waals surface area contributed by atoms with Crippen molar-refractivity contribution in [1.29, 1.82) is 0 Å². The number of aromatic amines is 1. The van der Waals surface area contributed by atoms with Crippen LogP contribution in [0.2, 0.25) is 0 Å². The third-order valence-corrected chi connectivity index (χ3v) is 3.30. The first kappa shape index (κ1) is 11.4. The molecule has 2 aromatic rings. The van der Waals surface area contributed by atoms with Gasteiger partial charge in [-0.1, -0.05) is 28.1 Å². The van der Waals surface area contributed by atoms with Crippen molar-refractivity contribution in [2.45, 2.75) is 20.0 Å². The molecule has 0 aliphatic rings. The van der Waals surface area contributed by atoms with E-state index in [1.807, 2.05) is 12.4 Å². The summed E-state index contributed by atoms with van der Waals surface area (Å²) in [4.78, 5) is 0. The first-order valence-corrected chi connectivity index (χ1v) is 5.98. The van der Waals surface area contributed by atoms with E-state index in [9.17, 15) is 0 Å². The van der Waals surface area contributed by atoms with Crippen LogP contribution < -0.4 is 5.32 Å². The average Bonchev–Trinajstić information content (AvgIpc) is 2.76. The number of nitrogens with one attached hydrogen (secondary N) is 2. The van der Waals surface area contributed by atoms with Crippen molar-refractivity contribution in [2.24, 2.45) is 0 Å². The highest BCUT2D eigenvalue weighted by molar-refractivity contribution is 9.10. The largest absolute Gasteiger partial charge is 0.309 e. The number of rotatable bonds is 4. The van der Waals surface area contributed by atoms with E-state index in [-0.39, 0.29) is 0 Å². The molecule has 2 rings (SSSR count). The van der Waals surface area contributed by atoms with Crippen molar-refractivity contribution < 1.29 is 0 Å². The molecule has 1 aromatic carbocycles. The Bertz CT molecular complexity index is 451. The highest BCUT2D eigenvalue weighted by atomic mass is 79.9. The Balaban J connectivity index is 1.87. The van der Waals surface area contributed by atoms with Gasteiger partial charge in [-0.25, -0.2) is 0 Å². The monoisotopic (exact) mass is 279 g/mol. The van der Waals surface area contributed by atoms with Crippen molar-refractivity contribution >= 4 is 15.9 Å². The van der Waals surface area contributed by atoms with Gasteiger partial charge in [-0.05, 0) is 24.1 Å². The van der Waals surface area contributed by atoms with Gasteiger partial charge in [-0.2, -0.15) is 5.10 Å². The first-order valence-electron chi connectivity index (χ1n) is 5.19. The molecule has 3 nitrogen and oxygen atoms in total. The van der Waals surface area contributed by atoms with Crippen LogP contribution in [-0.2, 0) is 13.1 Å². The molecule has 0 radical (unpaired) electrons. The minimum Gasteiger partial charge on any atom is -0.309 e. The van der Waals surface area contributed by atoms with Gasteiger partial charge >= 0.3 is 0 Å². The van der Waals surface area contributed by atoms with Crippen LogP contribution in [0.3, 0.4) is 0 Å². The summed E-state index contributed by atoms with van der Waals surface area (Å²) in [6.07, 6.45) is 3.73. The van der Waals surface area contributed by atoms with Crippen molar-refractivity contribution in [2.75, 3.05) is 0 Å². The number of hydrogen-bond donors (Lipinski definition) is 2. The zero-order valence-electron chi connectivity index (χ0n) is 9.13. The molecule has 2 N–H and O–H groups in total. The number of benzene rings is 1. The predicted octanol–water partition coefficient (Wildman–Crippen LogP) is 2.77. The van der Waals surface area contributed by atoms with Crippen molar-refractivity contribution in [3.63, 3.8) is 0 Å². The van der Waals surface area contributed by atoms with Gasteiger partial charge in [-0.15, -0.1) is 0 Å².